The van der Waals surface area contributed by atoms with Gasteiger partial charge in [-0.25, -0.2) is 0 Å². The zero-order valence-electron chi connectivity index (χ0n) is 18.8. The third-order valence-corrected chi connectivity index (χ3v) is 9.70. The van der Waals surface area contributed by atoms with Crippen LogP contribution in [-0.4, -0.2) is 4.40 Å². The summed E-state index contributed by atoms with van der Waals surface area (Å²) in [7, 11) is 0. The molecule has 36 heavy (non-hydrogen) atoms. The van der Waals surface area contributed by atoms with Gasteiger partial charge in [0, 0.05) is 28.3 Å². The molecule has 1 atom stereocenters. The normalized spacial score (nSPS) is 18.3. The van der Waals surface area contributed by atoms with Gasteiger partial charge in [0.1, 0.15) is 28.1 Å². The molecule has 3 aliphatic rings. The van der Waals surface area contributed by atoms with E-state index in [9.17, 15) is 0 Å². The molecular formula is C31H15N3OS+2. The van der Waals surface area contributed by atoms with Crippen LogP contribution >= 0.6 is 11.3 Å². The summed E-state index contributed by atoms with van der Waals surface area (Å²) >= 11 is 1.83. The van der Waals surface area contributed by atoms with Crippen molar-refractivity contribution in [3.8, 4) is 11.5 Å². The molecular weight excluding hydrogens is 462 g/mol. The van der Waals surface area contributed by atoms with Crippen LogP contribution in [0.1, 0.15) is 11.1 Å². The van der Waals surface area contributed by atoms with Crippen molar-refractivity contribution in [3.63, 3.8) is 0 Å². The van der Waals surface area contributed by atoms with Gasteiger partial charge in [0.05, 0.1) is 10.8 Å². The number of ether oxygens (including phenoxy) is 1. The van der Waals surface area contributed by atoms with E-state index in [1.807, 2.05) is 11.3 Å². The molecule has 0 amide bonds. The van der Waals surface area contributed by atoms with Crippen LogP contribution in [0.4, 0.5) is 0 Å². The summed E-state index contributed by atoms with van der Waals surface area (Å²) < 4.78 is 14.4. The molecule has 0 saturated carbocycles. The zero-order valence-corrected chi connectivity index (χ0v) is 19.6. The number of imidazole rings is 1. The molecule has 7 heterocycles. The summed E-state index contributed by atoms with van der Waals surface area (Å²) in [6.07, 6.45) is 2.28. The van der Waals surface area contributed by atoms with Crippen LogP contribution in [0.3, 0.4) is 0 Å². The summed E-state index contributed by atoms with van der Waals surface area (Å²) in [5.74, 6) is 1.91. The lowest BCUT2D eigenvalue weighted by molar-refractivity contribution is -0.934. The number of aromatic nitrogens is 3. The van der Waals surface area contributed by atoms with Crippen LogP contribution in [-0.2, 0) is 5.66 Å². The second-order valence-electron chi connectivity index (χ2n) is 10.2. The molecule has 0 bridgehead atoms. The molecule has 1 unspecified atom stereocenters. The summed E-state index contributed by atoms with van der Waals surface area (Å²) in [5.41, 5.74) is 7.06. The Bertz CT molecular complexity index is 2410. The number of rotatable bonds is 0. The lowest BCUT2D eigenvalue weighted by atomic mass is 9.85. The van der Waals surface area contributed by atoms with Crippen LogP contribution in [0.2, 0.25) is 0 Å². The molecule has 0 radical (unpaired) electrons. The fraction of sp³-hybridized carbons (Fsp3) is 0.0323. The van der Waals surface area contributed by atoms with Crippen LogP contribution in [0, 0.1) is 0 Å². The van der Waals surface area contributed by atoms with Gasteiger partial charge in [-0.1, -0.05) is 41.7 Å². The maximum Gasteiger partial charge on any atom is 0.372 e. The molecule has 0 N–H and O–H groups in total. The van der Waals surface area contributed by atoms with Gasteiger partial charge in [0.15, 0.2) is 11.7 Å². The monoisotopic (exact) mass is 477 g/mol. The number of benzene rings is 4. The topological polar surface area (TPSA) is 21.4 Å². The lowest BCUT2D eigenvalue weighted by Crippen LogP contribution is -2.71. The Morgan fingerprint density at radius 2 is 1.56 bits per heavy atom. The van der Waals surface area contributed by atoms with E-state index in [0.717, 1.165) is 11.5 Å². The van der Waals surface area contributed by atoms with Crippen molar-refractivity contribution < 1.29 is 13.9 Å². The molecule has 1 spiro atoms. The predicted molar refractivity (Wildman–Crippen MR) is 141 cm³/mol. The minimum atomic E-state index is -0.525. The second kappa shape index (κ2) is 5.06. The third-order valence-electron chi connectivity index (χ3n) is 8.81. The van der Waals surface area contributed by atoms with Crippen LogP contribution in [0.25, 0.3) is 59.3 Å². The van der Waals surface area contributed by atoms with Gasteiger partial charge in [-0.15, -0.1) is 9.13 Å². The fourth-order valence-electron chi connectivity index (χ4n) is 7.69. The summed E-state index contributed by atoms with van der Waals surface area (Å²) in [5, 5.41) is 9.92. The summed E-state index contributed by atoms with van der Waals surface area (Å²) in [6.45, 7) is 0. The van der Waals surface area contributed by atoms with Gasteiger partial charge in [-0.2, -0.15) is 4.40 Å². The average molecular weight is 478 g/mol. The van der Waals surface area contributed by atoms with E-state index in [-0.39, 0.29) is 0 Å². The minimum Gasteiger partial charge on any atom is -0.456 e. The van der Waals surface area contributed by atoms with Crippen molar-refractivity contribution in [3.05, 3.63) is 102 Å². The standard InChI is InChI=1S/C31H15N3OS/c1-2-6-20-18(5-1)19-10-12-23-27-25(19)29-33(20)21-13-15-36-30(21)34(29)31(27)26-22(35-23)11-9-16-7-8-17-4-3-14-32(31)28(17)24(16)26/h1-15H/q+2. The molecule has 0 fully saturated rings. The molecule has 164 valence electrons. The first-order valence-electron chi connectivity index (χ1n) is 12.3. The van der Waals surface area contributed by atoms with E-state index < -0.39 is 5.66 Å². The maximum atomic E-state index is 6.75. The first-order valence-corrected chi connectivity index (χ1v) is 13.2. The van der Waals surface area contributed by atoms with E-state index in [0.29, 0.717) is 0 Å². The third kappa shape index (κ3) is 1.43. The zero-order chi connectivity index (χ0) is 22.9. The summed E-state index contributed by atoms with van der Waals surface area (Å²) in [6, 6.07) is 28.9. The van der Waals surface area contributed by atoms with Gasteiger partial charge < -0.3 is 4.74 Å². The quantitative estimate of drug-likeness (QED) is 0.184. The van der Waals surface area contributed by atoms with E-state index in [2.05, 4.69) is 104 Å². The smallest absolute Gasteiger partial charge is 0.372 e. The number of thiophene rings is 1. The summed E-state index contributed by atoms with van der Waals surface area (Å²) in [4.78, 5) is 1.29. The Hall–Kier alpha value is -4.48. The first kappa shape index (κ1) is 17.0. The van der Waals surface area contributed by atoms with Gasteiger partial charge in [0.2, 0.25) is 10.3 Å². The van der Waals surface area contributed by atoms with E-state index in [4.69, 9.17) is 4.74 Å². The highest BCUT2D eigenvalue weighted by molar-refractivity contribution is 7.16. The molecule has 4 aromatic carbocycles. The fourth-order valence-corrected chi connectivity index (χ4v) is 8.62. The van der Waals surface area contributed by atoms with Gasteiger partial charge in [-0.3, -0.25) is 0 Å². The number of hydrogen-bond acceptors (Lipinski definition) is 2. The van der Waals surface area contributed by atoms with Crippen molar-refractivity contribution in [1.29, 1.82) is 0 Å². The predicted octanol–water partition coefficient (Wildman–Crippen LogP) is 6.37. The highest BCUT2D eigenvalue weighted by Gasteiger charge is 2.68. The minimum absolute atomic E-state index is 0.525. The Morgan fingerprint density at radius 3 is 2.53 bits per heavy atom. The molecule has 8 aromatic rings. The van der Waals surface area contributed by atoms with Crippen LogP contribution in [0.5, 0.6) is 11.5 Å². The van der Waals surface area contributed by atoms with E-state index in [1.165, 1.54) is 70.5 Å². The molecule has 5 heteroatoms. The first-order chi connectivity index (χ1) is 17.9. The Labute approximate surface area is 207 Å². The van der Waals surface area contributed by atoms with Crippen molar-refractivity contribution in [2.75, 3.05) is 0 Å². The molecule has 0 saturated heterocycles. The molecule has 4 aromatic heterocycles. The Kier molecular flexibility index (Phi) is 2.39. The molecule has 0 aliphatic carbocycles. The maximum absolute atomic E-state index is 6.75. The van der Waals surface area contributed by atoms with E-state index >= 15 is 0 Å². The average Bonchev–Trinajstić information content (AvgIpc) is 3.66. The number of para-hydroxylation sites is 1. The Morgan fingerprint density at radius 1 is 0.722 bits per heavy atom. The number of nitrogens with zero attached hydrogens (tertiary/aromatic N) is 3. The SMILES string of the molecule is c1ccc2c(c1)c1ccc3c4c1c1n2c2ccsc2[n+]1C41c2c(ccc4ccc5ccc[n+]1c5c24)O3. The molecule has 4 nitrogen and oxygen atoms in total. The van der Waals surface area contributed by atoms with Crippen molar-refractivity contribution in [2.45, 2.75) is 5.66 Å². The van der Waals surface area contributed by atoms with Crippen LogP contribution < -0.4 is 13.9 Å². The van der Waals surface area contributed by atoms with Crippen molar-refractivity contribution in [2.24, 2.45) is 0 Å². The number of fused-ring (bicyclic) bond motifs is 6. The second-order valence-corrected chi connectivity index (χ2v) is 11.1. The van der Waals surface area contributed by atoms with Crippen molar-refractivity contribution in [1.82, 2.24) is 4.40 Å². The highest BCUT2D eigenvalue weighted by Crippen LogP contribution is 2.58. The lowest BCUT2D eigenvalue weighted by Gasteiger charge is -2.28. The largest absolute Gasteiger partial charge is 0.456 e. The van der Waals surface area contributed by atoms with Gasteiger partial charge in [0.25, 0.3) is 0 Å². The van der Waals surface area contributed by atoms with Crippen LogP contribution in [0.15, 0.2) is 90.4 Å². The van der Waals surface area contributed by atoms with E-state index in [1.54, 1.807) is 0 Å². The van der Waals surface area contributed by atoms with Gasteiger partial charge in [-0.05, 0) is 47.2 Å². The van der Waals surface area contributed by atoms with Crippen molar-refractivity contribution >= 4 is 70.7 Å². The van der Waals surface area contributed by atoms with Gasteiger partial charge >= 0.3 is 11.3 Å². The molecule has 3 aliphatic heterocycles. The Balaban J connectivity index is 1.56. The number of pyridine rings is 2. The highest BCUT2D eigenvalue weighted by atomic mass is 32.1. The number of hydrogen-bond donors (Lipinski definition) is 0. The molecule has 11 rings (SSSR count).